The van der Waals surface area contributed by atoms with Crippen LogP contribution in [-0.4, -0.2) is 36.5 Å². The number of nitrogens with two attached hydrogens (primary N) is 1. The second-order valence-corrected chi connectivity index (χ2v) is 4.59. The monoisotopic (exact) mass is 262 g/mol. The fourth-order valence-corrected chi connectivity index (χ4v) is 2.22. The fourth-order valence-electron chi connectivity index (χ4n) is 2.22. The molecule has 1 aliphatic rings. The molecule has 0 bridgehead atoms. The summed E-state index contributed by atoms with van der Waals surface area (Å²) in [6.45, 7) is 1.51. The Kier molecular flexibility index (Phi) is 4.22. The van der Waals surface area contributed by atoms with Crippen molar-refractivity contribution < 1.29 is 9.59 Å². The molecule has 4 N–H and O–H groups in total. The van der Waals surface area contributed by atoms with Gasteiger partial charge in [-0.3, -0.25) is 4.79 Å². The number of urea groups is 1. The summed E-state index contributed by atoms with van der Waals surface area (Å²) in [5.74, 6) is 0. The molecule has 19 heavy (non-hydrogen) atoms. The number of carbonyl (C=O) groups is 2. The second-order valence-electron chi connectivity index (χ2n) is 4.59. The number of benzene rings is 1. The Hall–Kier alpha value is -2.24. The zero-order valence-corrected chi connectivity index (χ0v) is 10.6. The number of piperidine rings is 1. The Bertz CT molecular complexity index is 456. The number of nitrogens with zero attached hydrogens (tertiary/aromatic N) is 1. The van der Waals surface area contributed by atoms with E-state index in [-0.39, 0.29) is 0 Å². The SMILES string of the molecule is NC(=O)Nc1ccccc1NC1CCN(C=O)CC1. The first-order chi connectivity index (χ1) is 9.19. The molecule has 3 amide bonds. The number of rotatable bonds is 4. The fraction of sp³-hybridized carbons (Fsp3) is 0.385. The molecule has 0 aromatic heterocycles. The maximum atomic E-state index is 10.9. The van der Waals surface area contributed by atoms with Crippen LogP contribution in [0.5, 0.6) is 0 Å². The van der Waals surface area contributed by atoms with Gasteiger partial charge in [0.25, 0.3) is 0 Å². The van der Waals surface area contributed by atoms with Crippen LogP contribution in [0.3, 0.4) is 0 Å². The topological polar surface area (TPSA) is 87.5 Å². The van der Waals surface area contributed by atoms with Crippen LogP contribution in [0.1, 0.15) is 12.8 Å². The molecule has 6 heteroatoms. The van der Waals surface area contributed by atoms with E-state index in [1.807, 2.05) is 18.2 Å². The number of para-hydroxylation sites is 2. The molecule has 102 valence electrons. The highest BCUT2D eigenvalue weighted by Crippen LogP contribution is 2.24. The van der Waals surface area contributed by atoms with Gasteiger partial charge in [-0.25, -0.2) is 4.79 Å². The van der Waals surface area contributed by atoms with Gasteiger partial charge in [0.05, 0.1) is 11.4 Å². The molecule has 1 fully saturated rings. The number of likely N-dealkylation sites (tertiary alicyclic amines) is 1. The van der Waals surface area contributed by atoms with E-state index in [2.05, 4.69) is 10.6 Å². The Balaban J connectivity index is 1.99. The van der Waals surface area contributed by atoms with Crippen molar-refractivity contribution in [1.29, 1.82) is 0 Å². The molecule has 0 spiro atoms. The van der Waals surface area contributed by atoms with Gasteiger partial charge in [0.2, 0.25) is 6.41 Å². The Labute approximate surface area is 112 Å². The molecule has 0 atom stereocenters. The van der Waals surface area contributed by atoms with E-state index in [0.29, 0.717) is 11.7 Å². The largest absolute Gasteiger partial charge is 0.380 e. The lowest BCUT2D eigenvalue weighted by Gasteiger charge is -2.30. The van der Waals surface area contributed by atoms with Crippen LogP contribution in [0, 0.1) is 0 Å². The molecule has 1 aliphatic heterocycles. The highest BCUT2D eigenvalue weighted by Gasteiger charge is 2.18. The number of hydrogen-bond acceptors (Lipinski definition) is 3. The number of nitrogens with one attached hydrogen (secondary N) is 2. The lowest BCUT2D eigenvalue weighted by molar-refractivity contribution is -0.118. The lowest BCUT2D eigenvalue weighted by atomic mass is 10.0. The average Bonchev–Trinajstić information content (AvgIpc) is 2.41. The smallest absolute Gasteiger partial charge is 0.316 e. The van der Waals surface area contributed by atoms with Crippen LogP contribution < -0.4 is 16.4 Å². The van der Waals surface area contributed by atoms with Crippen molar-refractivity contribution in [3.8, 4) is 0 Å². The van der Waals surface area contributed by atoms with Gasteiger partial charge in [-0.1, -0.05) is 12.1 Å². The lowest BCUT2D eigenvalue weighted by Crippen LogP contribution is -2.38. The molecular weight excluding hydrogens is 244 g/mol. The standard InChI is InChI=1S/C13H18N4O2/c14-13(19)16-12-4-2-1-3-11(12)15-10-5-7-17(9-18)8-6-10/h1-4,9-10,15H,5-8H2,(H3,14,16,19). The zero-order valence-electron chi connectivity index (χ0n) is 10.6. The summed E-state index contributed by atoms with van der Waals surface area (Å²) in [5, 5.41) is 5.98. The quantitative estimate of drug-likeness (QED) is 0.713. The van der Waals surface area contributed by atoms with E-state index < -0.39 is 6.03 Å². The molecule has 0 radical (unpaired) electrons. The summed E-state index contributed by atoms with van der Waals surface area (Å²) >= 11 is 0. The van der Waals surface area contributed by atoms with Crippen LogP contribution in [0.25, 0.3) is 0 Å². The van der Waals surface area contributed by atoms with Crippen molar-refractivity contribution in [3.63, 3.8) is 0 Å². The van der Waals surface area contributed by atoms with E-state index in [9.17, 15) is 9.59 Å². The molecule has 1 heterocycles. The van der Waals surface area contributed by atoms with Gasteiger partial charge in [0.15, 0.2) is 0 Å². The number of primary amides is 1. The van der Waals surface area contributed by atoms with E-state index in [1.54, 1.807) is 11.0 Å². The predicted molar refractivity (Wildman–Crippen MR) is 73.9 cm³/mol. The van der Waals surface area contributed by atoms with Crippen LogP contribution in [0.2, 0.25) is 0 Å². The minimum atomic E-state index is -0.579. The van der Waals surface area contributed by atoms with Gasteiger partial charge in [-0.15, -0.1) is 0 Å². The van der Waals surface area contributed by atoms with Crippen molar-refractivity contribution in [2.24, 2.45) is 5.73 Å². The molecule has 1 saturated heterocycles. The Morgan fingerprint density at radius 2 is 1.89 bits per heavy atom. The van der Waals surface area contributed by atoms with Gasteiger partial charge in [-0.05, 0) is 25.0 Å². The molecule has 0 unspecified atom stereocenters. The van der Waals surface area contributed by atoms with Crippen LogP contribution >= 0.6 is 0 Å². The number of hydrogen-bond donors (Lipinski definition) is 3. The van der Waals surface area contributed by atoms with Crippen LogP contribution in [0.4, 0.5) is 16.2 Å². The number of amides is 3. The summed E-state index contributed by atoms with van der Waals surface area (Å²) in [4.78, 5) is 23.3. The van der Waals surface area contributed by atoms with Crippen molar-refractivity contribution in [1.82, 2.24) is 4.90 Å². The minimum absolute atomic E-state index is 0.298. The first-order valence-corrected chi connectivity index (χ1v) is 6.30. The van der Waals surface area contributed by atoms with Crippen LogP contribution in [0.15, 0.2) is 24.3 Å². The third kappa shape index (κ3) is 3.61. The van der Waals surface area contributed by atoms with Gasteiger partial charge in [0.1, 0.15) is 0 Å². The van der Waals surface area contributed by atoms with Crippen molar-refractivity contribution in [3.05, 3.63) is 24.3 Å². The number of carbonyl (C=O) groups excluding carboxylic acids is 2. The predicted octanol–water partition coefficient (Wildman–Crippen LogP) is 1.21. The zero-order chi connectivity index (χ0) is 13.7. The van der Waals surface area contributed by atoms with E-state index >= 15 is 0 Å². The van der Waals surface area contributed by atoms with Crippen molar-refractivity contribution in [2.75, 3.05) is 23.7 Å². The summed E-state index contributed by atoms with van der Waals surface area (Å²) in [5.41, 5.74) is 6.67. The molecule has 2 rings (SSSR count). The van der Waals surface area contributed by atoms with Gasteiger partial charge >= 0.3 is 6.03 Å². The molecule has 1 aromatic rings. The van der Waals surface area contributed by atoms with E-state index in [4.69, 9.17) is 5.73 Å². The molecule has 6 nitrogen and oxygen atoms in total. The minimum Gasteiger partial charge on any atom is -0.380 e. The third-order valence-corrected chi connectivity index (χ3v) is 3.22. The van der Waals surface area contributed by atoms with Crippen molar-refractivity contribution in [2.45, 2.75) is 18.9 Å². The van der Waals surface area contributed by atoms with Gasteiger partial charge in [-0.2, -0.15) is 0 Å². The first-order valence-electron chi connectivity index (χ1n) is 6.30. The van der Waals surface area contributed by atoms with Gasteiger partial charge < -0.3 is 21.3 Å². The summed E-state index contributed by atoms with van der Waals surface area (Å²) in [6, 6.07) is 7.16. The van der Waals surface area contributed by atoms with E-state index in [1.165, 1.54) is 0 Å². The van der Waals surface area contributed by atoms with E-state index in [0.717, 1.165) is 38.0 Å². The van der Waals surface area contributed by atoms with Crippen LogP contribution in [-0.2, 0) is 4.79 Å². The maximum Gasteiger partial charge on any atom is 0.316 e. The molecule has 0 aliphatic carbocycles. The summed E-state index contributed by atoms with van der Waals surface area (Å²) < 4.78 is 0. The highest BCUT2D eigenvalue weighted by molar-refractivity contribution is 5.91. The highest BCUT2D eigenvalue weighted by atomic mass is 16.2. The average molecular weight is 262 g/mol. The molecule has 0 saturated carbocycles. The summed E-state index contributed by atoms with van der Waals surface area (Å²) in [7, 11) is 0. The Morgan fingerprint density at radius 1 is 1.26 bits per heavy atom. The molecular formula is C13H18N4O2. The first kappa shape index (κ1) is 13.2. The molecule has 1 aromatic carbocycles. The number of anilines is 2. The summed E-state index contributed by atoms with van der Waals surface area (Å²) in [6.07, 6.45) is 2.67. The van der Waals surface area contributed by atoms with Crippen molar-refractivity contribution >= 4 is 23.8 Å². The third-order valence-electron chi connectivity index (χ3n) is 3.22. The van der Waals surface area contributed by atoms with Gasteiger partial charge in [0, 0.05) is 19.1 Å². The maximum absolute atomic E-state index is 10.9. The Morgan fingerprint density at radius 3 is 2.47 bits per heavy atom. The normalized spacial score (nSPS) is 15.9. The second kappa shape index (κ2) is 6.08.